The van der Waals surface area contributed by atoms with Crippen LogP contribution in [0.1, 0.15) is 11.1 Å². The van der Waals surface area contributed by atoms with E-state index in [9.17, 15) is 9.59 Å². The Bertz CT molecular complexity index is 888. The number of amides is 3. The normalized spacial score (nSPS) is 15.2. The van der Waals surface area contributed by atoms with Crippen molar-refractivity contribution in [3.8, 4) is 11.5 Å². The van der Waals surface area contributed by atoms with Crippen LogP contribution in [0, 0.1) is 0 Å². The third kappa shape index (κ3) is 4.14. The molecule has 0 unspecified atom stereocenters. The summed E-state index contributed by atoms with van der Waals surface area (Å²) in [6.45, 7) is 2.26. The summed E-state index contributed by atoms with van der Waals surface area (Å²) >= 11 is 5.89. The van der Waals surface area contributed by atoms with Crippen LogP contribution in [0.3, 0.4) is 0 Å². The Labute approximate surface area is 167 Å². The SMILES string of the molecule is O=C(CN1CCN(Cc2ccc(Cl)cc2)C1=O)NCc1ccc2c(c1)OCO2. The van der Waals surface area contributed by atoms with Gasteiger partial charge in [-0.1, -0.05) is 29.8 Å². The van der Waals surface area contributed by atoms with Crippen molar-refractivity contribution < 1.29 is 19.1 Å². The number of hydrogen-bond acceptors (Lipinski definition) is 4. The van der Waals surface area contributed by atoms with E-state index in [0.717, 1.165) is 11.1 Å². The molecule has 8 heteroatoms. The van der Waals surface area contributed by atoms with Crippen LogP contribution in [0.25, 0.3) is 0 Å². The maximum atomic E-state index is 12.5. The summed E-state index contributed by atoms with van der Waals surface area (Å²) in [7, 11) is 0. The molecule has 0 aliphatic carbocycles. The topological polar surface area (TPSA) is 71.1 Å². The van der Waals surface area contributed by atoms with Crippen molar-refractivity contribution >= 4 is 23.5 Å². The molecule has 0 bridgehead atoms. The summed E-state index contributed by atoms with van der Waals surface area (Å²) in [6, 6.07) is 12.8. The molecule has 146 valence electrons. The molecule has 0 aromatic heterocycles. The quantitative estimate of drug-likeness (QED) is 0.807. The molecule has 0 atom stereocenters. The Balaban J connectivity index is 1.26. The number of benzene rings is 2. The van der Waals surface area contributed by atoms with Crippen LogP contribution < -0.4 is 14.8 Å². The number of carbonyl (C=O) groups excluding carboxylic acids is 2. The summed E-state index contributed by atoms with van der Waals surface area (Å²) in [5.41, 5.74) is 1.92. The predicted molar refractivity (Wildman–Crippen MR) is 103 cm³/mol. The first kappa shape index (κ1) is 18.4. The van der Waals surface area contributed by atoms with Gasteiger partial charge < -0.3 is 24.6 Å². The summed E-state index contributed by atoms with van der Waals surface area (Å²) in [5.74, 6) is 1.19. The van der Waals surface area contributed by atoms with Crippen molar-refractivity contribution in [3.05, 3.63) is 58.6 Å². The Morgan fingerprint density at radius 2 is 1.71 bits per heavy atom. The lowest BCUT2D eigenvalue weighted by Crippen LogP contribution is -2.39. The lowest BCUT2D eigenvalue weighted by atomic mass is 10.2. The van der Waals surface area contributed by atoms with Gasteiger partial charge in [-0.05, 0) is 35.4 Å². The first-order valence-electron chi connectivity index (χ1n) is 9.02. The zero-order valence-corrected chi connectivity index (χ0v) is 15.9. The molecule has 1 saturated heterocycles. The lowest BCUT2D eigenvalue weighted by Gasteiger charge is -2.18. The molecule has 1 N–H and O–H groups in total. The van der Waals surface area contributed by atoms with E-state index in [1.54, 1.807) is 21.9 Å². The van der Waals surface area contributed by atoms with Crippen LogP contribution in [-0.4, -0.2) is 48.2 Å². The third-order valence-electron chi connectivity index (χ3n) is 4.73. The number of carbonyl (C=O) groups is 2. The maximum Gasteiger partial charge on any atom is 0.320 e. The number of urea groups is 1. The van der Waals surface area contributed by atoms with Gasteiger partial charge in [-0.15, -0.1) is 0 Å². The molecule has 0 spiro atoms. The fourth-order valence-electron chi connectivity index (χ4n) is 3.22. The number of nitrogens with one attached hydrogen (secondary N) is 1. The lowest BCUT2D eigenvalue weighted by molar-refractivity contribution is -0.121. The highest BCUT2D eigenvalue weighted by molar-refractivity contribution is 6.30. The smallest absolute Gasteiger partial charge is 0.320 e. The van der Waals surface area contributed by atoms with Crippen LogP contribution in [0.2, 0.25) is 5.02 Å². The fraction of sp³-hybridized carbons (Fsp3) is 0.300. The van der Waals surface area contributed by atoms with Gasteiger partial charge in [-0.2, -0.15) is 0 Å². The van der Waals surface area contributed by atoms with Gasteiger partial charge in [-0.25, -0.2) is 4.79 Å². The molecular weight excluding hydrogens is 382 g/mol. The first-order valence-corrected chi connectivity index (χ1v) is 9.40. The van der Waals surface area contributed by atoms with E-state index in [0.29, 0.717) is 42.7 Å². The molecule has 7 nitrogen and oxygen atoms in total. The van der Waals surface area contributed by atoms with Crippen molar-refractivity contribution in [1.82, 2.24) is 15.1 Å². The Kier molecular flexibility index (Phi) is 5.25. The molecule has 2 aromatic carbocycles. The van der Waals surface area contributed by atoms with Gasteiger partial charge in [0, 0.05) is 31.2 Å². The van der Waals surface area contributed by atoms with Crippen LogP contribution in [0.15, 0.2) is 42.5 Å². The molecule has 2 aliphatic rings. The minimum atomic E-state index is -0.195. The first-order chi connectivity index (χ1) is 13.6. The summed E-state index contributed by atoms with van der Waals surface area (Å²) in [5, 5.41) is 3.51. The monoisotopic (exact) mass is 401 g/mol. The number of nitrogens with zero attached hydrogens (tertiary/aromatic N) is 2. The third-order valence-corrected chi connectivity index (χ3v) is 4.98. The largest absolute Gasteiger partial charge is 0.454 e. The Morgan fingerprint density at radius 3 is 2.54 bits per heavy atom. The molecule has 0 radical (unpaired) electrons. The van der Waals surface area contributed by atoms with Crippen molar-refractivity contribution in [2.24, 2.45) is 0 Å². The minimum absolute atomic E-state index is 0.0422. The Morgan fingerprint density at radius 1 is 1.00 bits per heavy atom. The number of ether oxygens (including phenoxy) is 2. The highest BCUT2D eigenvalue weighted by Gasteiger charge is 2.29. The minimum Gasteiger partial charge on any atom is -0.454 e. The van der Waals surface area contributed by atoms with E-state index in [1.807, 2.05) is 30.3 Å². The molecule has 1 fully saturated rings. The molecule has 3 amide bonds. The van der Waals surface area contributed by atoms with Crippen molar-refractivity contribution in [3.63, 3.8) is 0 Å². The van der Waals surface area contributed by atoms with Crippen LogP contribution in [0.5, 0.6) is 11.5 Å². The van der Waals surface area contributed by atoms with E-state index in [4.69, 9.17) is 21.1 Å². The van der Waals surface area contributed by atoms with Crippen LogP contribution >= 0.6 is 11.6 Å². The molecular formula is C20H20ClN3O4. The average Bonchev–Trinajstić information content (AvgIpc) is 3.29. The molecule has 2 heterocycles. The molecule has 2 aromatic rings. The average molecular weight is 402 g/mol. The van der Waals surface area contributed by atoms with Gasteiger partial charge in [0.1, 0.15) is 6.54 Å². The van der Waals surface area contributed by atoms with Gasteiger partial charge in [0.15, 0.2) is 11.5 Å². The number of rotatable bonds is 6. The standard InChI is InChI=1S/C20H20ClN3O4/c21-16-4-1-14(2-5-16)11-23-7-8-24(20(23)26)12-19(25)22-10-15-3-6-17-18(9-15)28-13-27-17/h1-6,9H,7-8,10-13H2,(H,22,25). The van der Waals surface area contributed by atoms with Gasteiger partial charge >= 0.3 is 6.03 Å². The second kappa shape index (κ2) is 7.98. The predicted octanol–water partition coefficient (Wildman–Crippen LogP) is 2.62. The maximum absolute atomic E-state index is 12.5. The number of hydrogen-bond donors (Lipinski definition) is 1. The van der Waals surface area contributed by atoms with Gasteiger partial charge in [0.2, 0.25) is 12.7 Å². The van der Waals surface area contributed by atoms with Crippen molar-refractivity contribution in [2.45, 2.75) is 13.1 Å². The Hall–Kier alpha value is -2.93. The molecule has 2 aliphatic heterocycles. The summed E-state index contributed by atoms with van der Waals surface area (Å²) < 4.78 is 10.6. The number of halogens is 1. The molecule has 4 rings (SSSR count). The van der Waals surface area contributed by atoms with E-state index >= 15 is 0 Å². The van der Waals surface area contributed by atoms with Crippen LogP contribution in [0.4, 0.5) is 4.79 Å². The van der Waals surface area contributed by atoms with E-state index in [1.165, 1.54) is 0 Å². The summed E-state index contributed by atoms with van der Waals surface area (Å²) in [6.07, 6.45) is 0. The fourth-order valence-corrected chi connectivity index (χ4v) is 3.34. The molecule has 28 heavy (non-hydrogen) atoms. The highest BCUT2D eigenvalue weighted by atomic mass is 35.5. The van der Waals surface area contributed by atoms with Gasteiger partial charge in [-0.3, -0.25) is 4.79 Å². The van der Waals surface area contributed by atoms with E-state index in [2.05, 4.69) is 5.32 Å². The summed E-state index contributed by atoms with van der Waals surface area (Å²) in [4.78, 5) is 28.1. The molecule has 0 saturated carbocycles. The van der Waals surface area contributed by atoms with Gasteiger partial charge in [0.05, 0.1) is 0 Å². The van der Waals surface area contributed by atoms with Crippen molar-refractivity contribution in [1.29, 1.82) is 0 Å². The van der Waals surface area contributed by atoms with Crippen LogP contribution in [-0.2, 0) is 17.9 Å². The highest BCUT2D eigenvalue weighted by Crippen LogP contribution is 2.32. The van der Waals surface area contributed by atoms with Crippen molar-refractivity contribution in [2.75, 3.05) is 26.4 Å². The second-order valence-electron chi connectivity index (χ2n) is 6.72. The number of fused-ring (bicyclic) bond motifs is 1. The zero-order chi connectivity index (χ0) is 19.5. The second-order valence-corrected chi connectivity index (χ2v) is 7.15. The van der Waals surface area contributed by atoms with E-state index in [-0.39, 0.29) is 25.3 Å². The van der Waals surface area contributed by atoms with E-state index < -0.39 is 0 Å². The zero-order valence-electron chi connectivity index (χ0n) is 15.2. The van der Waals surface area contributed by atoms with Gasteiger partial charge in [0.25, 0.3) is 0 Å².